The van der Waals surface area contributed by atoms with Gasteiger partial charge in [-0.1, -0.05) is 67.1 Å². The minimum Gasteiger partial charge on any atom is -0.464 e. The Labute approximate surface area is 160 Å². The van der Waals surface area contributed by atoms with Crippen LogP contribution in [0.4, 0.5) is 0 Å². The van der Waals surface area contributed by atoms with Crippen molar-refractivity contribution in [3.8, 4) is 0 Å². The monoisotopic (exact) mass is 403 g/mol. The van der Waals surface area contributed by atoms with Crippen LogP contribution in [0.2, 0.25) is 10.0 Å². The van der Waals surface area contributed by atoms with Gasteiger partial charge in [0.05, 0.1) is 11.5 Å². The molecule has 1 saturated heterocycles. The summed E-state index contributed by atoms with van der Waals surface area (Å²) in [5, 5.41) is 0.869. The van der Waals surface area contributed by atoms with Crippen LogP contribution in [0, 0.1) is 5.92 Å². The largest absolute Gasteiger partial charge is 0.464 e. The first-order chi connectivity index (χ1) is 11.3. The van der Waals surface area contributed by atoms with Gasteiger partial charge in [-0.05, 0) is 24.1 Å². The number of rotatable bonds is 5. The molecule has 1 heterocycles. The maximum Gasteiger partial charge on any atom is 0.326 e. The number of thiocarbonyl (C=S) groups is 1. The van der Waals surface area contributed by atoms with Gasteiger partial charge in [-0.2, -0.15) is 0 Å². The highest BCUT2D eigenvalue weighted by Crippen LogP contribution is 2.35. The van der Waals surface area contributed by atoms with E-state index < -0.39 is 5.97 Å². The summed E-state index contributed by atoms with van der Waals surface area (Å²) in [4.78, 5) is 25.9. The topological polar surface area (TPSA) is 46.6 Å². The third-order valence-corrected chi connectivity index (χ3v) is 5.05. The van der Waals surface area contributed by atoms with E-state index in [4.69, 9.17) is 40.2 Å². The number of amides is 1. The molecule has 0 spiro atoms. The zero-order valence-electron chi connectivity index (χ0n) is 13.0. The van der Waals surface area contributed by atoms with Gasteiger partial charge in [-0.15, -0.1) is 0 Å². The fourth-order valence-electron chi connectivity index (χ4n) is 1.85. The van der Waals surface area contributed by atoms with Gasteiger partial charge in [0, 0.05) is 15.6 Å². The Morgan fingerprint density at radius 2 is 2.00 bits per heavy atom. The lowest BCUT2D eigenvalue weighted by atomic mass is 10.2. The fourth-order valence-corrected chi connectivity index (χ4v) is 3.59. The Kier molecular flexibility index (Phi) is 6.69. The molecule has 0 unspecified atom stereocenters. The second kappa shape index (κ2) is 8.34. The van der Waals surface area contributed by atoms with E-state index in [9.17, 15) is 9.59 Å². The van der Waals surface area contributed by atoms with Crippen LogP contribution in [0.5, 0.6) is 0 Å². The molecule has 2 rings (SSSR count). The normalized spacial score (nSPS) is 16.4. The van der Waals surface area contributed by atoms with Crippen molar-refractivity contribution in [3.05, 3.63) is 38.7 Å². The molecule has 1 aromatic rings. The first-order valence-corrected chi connectivity index (χ1v) is 9.12. The van der Waals surface area contributed by atoms with Gasteiger partial charge in [0.2, 0.25) is 0 Å². The second-order valence-corrected chi connectivity index (χ2v) is 7.97. The molecule has 4 nitrogen and oxygen atoms in total. The van der Waals surface area contributed by atoms with Gasteiger partial charge < -0.3 is 4.74 Å². The fraction of sp³-hybridized carbons (Fsp3) is 0.312. The third-order valence-electron chi connectivity index (χ3n) is 3.01. The van der Waals surface area contributed by atoms with Crippen molar-refractivity contribution in [2.24, 2.45) is 5.92 Å². The molecule has 1 aliphatic heterocycles. The van der Waals surface area contributed by atoms with Gasteiger partial charge in [0.25, 0.3) is 5.91 Å². The number of thioether (sulfide) groups is 1. The van der Waals surface area contributed by atoms with Crippen LogP contribution in [0.25, 0.3) is 6.08 Å². The van der Waals surface area contributed by atoms with Gasteiger partial charge in [-0.25, -0.2) is 0 Å². The van der Waals surface area contributed by atoms with Crippen molar-refractivity contribution in [3.63, 3.8) is 0 Å². The van der Waals surface area contributed by atoms with Gasteiger partial charge in [0.1, 0.15) is 10.9 Å². The molecule has 1 amide bonds. The SMILES string of the molecule is CC(C)COC(=O)CN1C(=O)/C(=C/c2c(Cl)cccc2Cl)SC1=S. The van der Waals surface area contributed by atoms with Crippen LogP contribution in [-0.4, -0.2) is 34.2 Å². The summed E-state index contributed by atoms with van der Waals surface area (Å²) in [5.41, 5.74) is 0.545. The Morgan fingerprint density at radius 1 is 1.38 bits per heavy atom. The van der Waals surface area contributed by atoms with Crippen LogP contribution in [0.1, 0.15) is 19.4 Å². The average molecular weight is 404 g/mol. The summed E-state index contributed by atoms with van der Waals surface area (Å²) < 4.78 is 5.39. The summed E-state index contributed by atoms with van der Waals surface area (Å²) in [7, 11) is 0. The molecule has 0 radical (unpaired) electrons. The van der Waals surface area contributed by atoms with Crippen LogP contribution in [-0.2, 0) is 14.3 Å². The molecule has 8 heteroatoms. The van der Waals surface area contributed by atoms with Crippen molar-refractivity contribution in [2.75, 3.05) is 13.2 Å². The van der Waals surface area contributed by atoms with Gasteiger partial charge in [0.15, 0.2) is 0 Å². The van der Waals surface area contributed by atoms with E-state index in [1.807, 2.05) is 13.8 Å². The summed E-state index contributed by atoms with van der Waals surface area (Å²) >= 11 is 18.5. The number of esters is 1. The second-order valence-electron chi connectivity index (χ2n) is 5.48. The van der Waals surface area contributed by atoms with Gasteiger partial charge >= 0.3 is 5.97 Å². The number of hydrogen-bond donors (Lipinski definition) is 0. The molecular formula is C16H15Cl2NO3S2. The minimum atomic E-state index is -0.489. The molecule has 0 aliphatic carbocycles. The molecule has 1 aromatic carbocycles. The molecule has 0 N–H and O–H groups in total. The lowest BCUT2D eigenvalue weighted by Crippen LogP contribution is -2.34. The molecule has 0 aromatic heterocycles. The van der Waals surface area contributed by atoms with Crippen LogP contribution < -0.4 is 0 Å². The maximum atomic E-state index is 12.5. The molecule has 1 fully saturated rings. The highest BCUT2D eigenvalue weighted by molar-refractivity contribution is 8.26. The van der Waals surface area contributed by atoms with Gasteiger partial charge in [-0.3, -0.25) is 14.5 Å². The minimum absolute atomic E-state index is 0.203. The lowest BCUT2D eigenvalue weighted by molar-refractivity contribution is -0.147. The summed E-state index contributed by atoms with van der Waals surface area (Å²) in [5.74, 6) is -0.623. The van der Waals surface area contributed by atoms with E-state index in [0.717, 1.165) is 11.8 Å². The number of hydrogen-bond acceptors (Lipinski definition) is 5. The van der Waals surface area contributed by atoms with E-state index in [0.29, 0.717) is 31.4 Å². The predicted molar refractivity (Wildman–Crippen MR) is 102 cm³/mol. The van der Waals surface area contributed by atoms with Crippen LogP contribution in [0.3, 0.4) is 0 Å². The molecule has 128 valence electrons. The van der Waals surface area contributed by atoms with Crippen molar-refractivity contribution in [2.45, 2.75) is 13.8 Å². The molecule has 24 heavy (non-hydrogen) atoms. The Hall–Kier alpha value is -1.08. The first kappa shape index (κ1) is 19.2. The number of halogens is 2. The molecule has 0 atom stereocenters. The Balaban J connectivity index is 2.14. The van der Waals surface area contributed by atoms with E-state index in [1.165, 1.54) is 4.90 Å². The summed E-state index contributed by atoms with van der Waals surface area (Å²) in [6, 6.07) is 5.09. The highest BCUT2D eigenvalue weighted by atomic mass is 35.5. The maximum absolute atomic E-state index is 12.5. The van der Waals surface area contributed by atoms with Crippen molar-refractivity contribution >= 4 is 69.5 Å². The van der Waals surface area contributed by atoms with E-state index in [2.05, 4.69) is 0 Å². The van der Waals surface area contributed by atoms with Crippen molar-refractivity contribution in [1.29, 1.82) is 0 Å². The van der Waals surface area contributed by atoms with Crippen molar-refractivity contribution < 1.29 is 14.3 Å². The summed E-state index contributed by atoms with van der Waals surface area (Å²) in [6.45, 7) is 3.97. The Morgan fingerprint density at radius 3 is 2.58 bits per heavy atom. The van der Waals surface area contributed by atoms with Crippen molar-refractivity contribution in [1.82, 2.24) is 4.90 Å². The molecule has 1 aliphatic rings. The molecular weight excluding hydrogens is 389 g/mol. The predicted octanol–water partition coefficient (Wildman–Crippen LogP) is 4.39. The Bertz CT molecular complexity index is 699. The molecule has 0 saturated carbocycles. The quantitative estimate of drug-likeness (QED) is 0.414. The summed E-state index contributed by atoms with van der Waals surface area (Å²) in [6.07, 6.45) is 1.59. The number of carbonyl (C=O) groups is 2. The number of nitrogens with zero attached hydrogens (tertiary/aromatic N) is 1. The van der Waals surface area contributed by atoms with Crippen LogP contribution in [0.15, 0.2) is 23.1 Å². The van der Waals surface area contributed by atoms with E-state index in [-0.39, 0.29) is 18.4 Å². The first-order valence-electron chi connectivity index (χ1n) is 7.14. The smallest absolute Gasteiger partial charge is 0.326 e. The van der Waals surface area contributed by atoms with E-state index in [1.54, 1.807) is 24.3 Å². The number of benzene rings is 1. The third kappa shape index (κ3) is 4.72. The zero-order chi connectivity index (χ0) is 17.9. The highest BCUT2D eigenvalue weighted by Gasteiger charge is 2.34. The average Bonchev–Trinajstić information content (AvgIpc) is 2.76. The number of carbonyl (C=O) groups excluding carboxylic acids is 2. The molecule has 0 bridgehead atoms. The van der Waals surface area contributed by atoms with E-state index >= 15 is 0 Å². The number of ether oxygens (including phenoxy) is 1. The van der Waals surface area contributed by atoms with Crippen LogP contribution >= 0.6 is 47.2 Å². The standard InChI is InChI=1S/C16H15Cl2NO3S2/c1-9(2)8-22-14(20)7-19-15(21)13(24-16(19)23)6-10-11(17)4-3-5-12(10)18/h3-6,9H,7-8H2,1-2H3/b13-6-. The zero-order valence-corrected chi connectivity index (χ0v) is 16.2. The lowest BCUT2D eigenvalue weighted by Gasteiger charge is -2.14.